The lowest BCUT2D eigenvalue weighted by Gasteiger charge is -1.85. The molecule has 0 aliphatic heterocycles. The highest BCUT2D eigenvalue weighted by atomic mass is 79.9. The molecule has 2 heteroatoms. The van der Waals surface area contributed by atoms with E-state index in [9.17, 15) is 0 Å². The maximum absolute atomic E-state index is 8.36. The summed E-state index contributed by atoms with van der Waals surface area (Å²) in [4.78, 5) is 0. The van der Waals surface area contributed by atoms with Crippen molar-refractivity contribution in [3.63, 3.8) is 0 Å². The van der Waals surface area contributed by atoms with Crippen LogP contribution in [-0.4, -0.2) is 0 Å². The van der Waals surface area contributed by atoms with Crippen molar-refractivity contribution in [2.75, 3.05) is 0 Å². The maximum atomic E-state index is 8.36. The van der Waals surface area contributed by atoms with E-state index in [2.05, 4.69) is 22.0 Å². The first-order chi connectivity index (χ1) is 4.33. The molecule has 0 aliphatic rings. The van der Waals surface area contributed by atoms with Crippen molar-refractivity contribution in [2.45, 2.75) is 0 Å². The van der Waals surface area contributed by atoms with Crippen molar-refractivity contribution >= 4 is 15.9 Å². The van der Waals surface area contributed by atoms with Crippen molar-refractivity contribution < 1.29 is 0 Å². The molecule has 0 bridgehead atoms. The molecule has 1 nitrogen and oxygen atoms in total. The molecule has 1 aromatic rings. The second kappa shape index (κ2) is 2.65. The zero-order valence-electron chi connectivity index (χ0n) is 4.56. The molecule has 0 N–H and O–H groups in total. The molecule has 0 fully saturated rings. The van der Waals surface area contributed by atoms with Crippen LogP contribution < -0.4 is 0 Å². The van der Waals surface area contributed by atoms with Crippen LogP contribution in [0.3, 0.4) is 0 Å². The Morgan fingerprint density at radius 3 is 2.78 bits per heavy atom. The van der Waals surface area contributed by atoms with Crippen LogP contribution >= 0.6 is 15.9 Å². The van der Waals surface area contributed by atoms with Crippen LogP contribution in [0.25, 0.3) is 0 Å². The average molecular weight is 181 g/mol. The molecule has 9 heavy (non-hydrogen) atoms. The lowest BCUT2D eigenvalue weighted by Crippen LogP contribution is -1.71. The molecule has 0 unspecified atom stereocenters. The molecule has 1 aromatic carbocycles. The van der Waals surface area contributed by atoms with Gasteiger partial charge in [0, 0.05) is 10.5 Å². The Hall–Kier alpha value is -0.810. The highest BCUT2D eigenvalue weighted by Crippen LogP contribution is 2.08. The number of hydrogen-bond donors (Lipinski definition) is 0. The summed E-state index contributed by atoms with van der Waals surface area (Å²) in [5, 5.41) is 8.36. The summed E-state index contributed by atoms with van der Waals surface area (Å²) in [5.74, 6) is 0. The molecule has 0 heterocycles. The van der Waals surface area contributed by atoms with E-state index in [1.807, 2.05) is 12.1 Å². The summed E-state index contributed by atoms with van der Waals surface area (Å²) < 4.78 is 0.821. The lowest BCUT2D eigenvalue weighted by atomic mass is 10.2. The number of rotatable bonds is 0. The first-order valence-electron chi connectivity index (χ1n) is 2.41. The third-order valence-corrected chi connectivity index (χ3v) is 1.34. The third-order valence-electron chi connectivity index (χ3n) is 0.880. The first kappa shape index (κ1) is 6.31. The Morgan fingerprint density at radius 2 is 2.33 bits per heavy atom. The summed E-state index contributed by atoms with van der Waals surface area (Å²) in [6, 6.07) is 10.1. The minimum atomic E-state index is 0.560. The summed E-state index contributed by atoms with van der Waals surface area (Å²) in [6.45, 7) is 0. The van der Waals surface area contributed by atoms with Gasteiger partial charge in [-0.15, -0.1) is 0 Å². The molecule has 1 radical (unpaired) electrons. The fraction of sp³-hybridized carbons (Fsp3) is 0. The topological polar surface area (TPSA) is 23.8 Å². The summed E-state index contributed by atoms with van der Waals surface area (Å²) in [7, 11) is 0. The molecule has 0 aliphatic carbocycles. The normalized spacial score (nSPS) is 8.44. The van der Waals surface area contributed by atoms with E-state index < -0.39 is 0 Å². The van der Waals surface area contributed by atoms with Gasteiger partial charge in [-0.1, -0.05) is 22.0 Å². The van der Waals surface area contributed by atoms with Gasteiger partial charge in [0.15, 0.2) is 0 Å². The second-order valence-electron chi connectivity index (χ2n) is 1.52. The van der Waals surface area contributed by atoms with E-state index in [-0.39, 0.29) is 0 Å². The minimum Gasteiger partial charge on any atom is -0.192 e. The van der Waals surface area contributed by atoms with Crippen molar-refractivity contribution in [2.24, 2.45) is 0 Å². The number of benzene rings is 1. The Morgan fingerprint density at radius 1 is 1.56 bits per heavy atom. The zero-order valence-corrected chi connectivity index (χ0v) is 6.14. The highest BCUT2D eigenvalue weighted by Gasteiger charge is 1.88. The van der Waals surface area contributed by atoms with Gasteiger partial charge in [0.1, 0.15) is 0 Å². The number of hydrogen-bond acceptors (Lipinski definition) is 1. The Balaban J connectivity index is 3.12. The largest absolute Gasteiger partial charge is 0.192 e. The fourth-order valence-electron chi connectivity index (χ4n) is 0.506. The van der Waals surface area contributed by atoms with Crippen molar-refractivity contribution in [3.05, 3.63) is 34.3 Å². The standard InChI is InChI=1S/C7H3BrN/c8-7-3-1-2-6(4-7)5-9/h1-3H. The van der Waals surface area contributed by atoms with Gasteiger partial charge in [-0.25, -0.2) is 0 Å². The first-order valence-corrected chi connectivity index (χ1v) is 3.20. The van der Waals surface area contributed by atoms with Gasteiger partial charge in [0.25, 0.3) is 0 Å². The van der Waals surface area contributed by atoms with Gasteiger partial charge >= 0.3 is 0 Å². The van der Waals surface area contributed by atoms with E-state index in [0.717, 1.165) is 4.47 Å². The molecule has 1 rings (SSSR count). The highest BCUT2D eigenvalue weighted by molar-refractivity contribution is 9.10. The molecule has 0 spiro atoms. The average Bonchev–Trinajstić information content (AvgIpc) is 1.88. The molecule has 0 aromatic heterocycles. The fourth-order valence-corrected chi connectivity index (χ4v) is 0.872. The summed E-state index contributed by atoms with van der Waals surface area (Å²) in [5.41, 5.74) is 0.560. The summed E-state index contributed by atoms with van der Waals surface area (Å²) in [6.07, 6.45) is 0. The van der Waals surface area contributed by atoms with Crippen LogP contribution in [0.4, 0.5) is 0 Å². The molecular weight excluding hydrogens is 178 g/mol. The molecule has 43 valence electrons. The summed E-state index contributed by atoms with van der Waals surface area (Å²) >= 11 is 3.20. The Bertz CT molecular complexity index is 249. The monoisotopic (exact) mass is 180 g/mol. The molecule has 0 saturated heterocycles. The van der Waals surface area contributed by atoms with Crippen molar-refractivity contribution in [1.29, 1.82) is 5.26 Å². The number of halogens is 1. The quantitative estimate of drug-likeness (QED) is 0.601. The Labute approximate surface area is 62.1 Å². The predicted molar refractivity (Wildman–Crippen MR) is 37.7 cm³/mol. The van der Waals surface area contributed by atoms with Crippen LogP contribution in [0, 0.1) is 17.4 Å². The molecule has 0 atom stereocenters. The Kier molecular flexibility index (Phi) is 1.86. The zero-order chi connectivity index (χ0) is 6.69. The SMILES string of the molecule is N#Cc1[c]c(Br)ccc1. The van der Waals surface area contributed by atoms with Gasteiger partial charge in [-0.2, -0.15) is 5.26 Å². The van der Waals surface area contributed by atoms with E-state index in [1.54, 1.807) is 12.1 Å². The van der Waals surface area contributed by atoms with Gasteiger partial charge in [-0.05, 0) is 12.1 Å². The third kappa shape index (κ3) is 1.55. The number of nitrogens with zero attached hydrogens (tertiary/aromatic N) is 1. The van der Waals surface area contributed by atoms with E-state index in [0.29, 0.717) is 5.56 Å². The lowest BCUT2D eigenvalue weighted by molar-refractivity contribution is 1.47. The van der Waals surface area contributed by atoms with Crippen LogP contribution in [0.2, 0.25) is 0 Å². The predicted octanol–water partition coefficient (Wildman–Crippen LogP) is 2.12. The number of nitriles is 1. The van der Waals surface area contributed by atoms with Crippen LogP contribution in [0.1, 0.15) is 5.56 Å². The van der Waals surface area contributed by atoms with E-state index in [1.165, 1.54) is 0 Å². The molecule has 0 saturated carbocycles. The maximum Gasteiger partial charge on any atom is 0.0998 e. The van der Waals surface area contributed by atoms with Crippen LogP contribution in [0.15, 0.2) is 22.7 Å². The second-order valence-corrected chi connectivity index (χ2v) is 2.38. The molecular formula is C7H3BrN. The van der Waals surface area contributed by atoms with Crippen molar-refractivity contribution in [1.82, 2.24) is 0 Å². The van der Waals surface area contributed by atoms with Gasteiger partial charge in [0.2, 0.25) is 0 Å². The van der Waals surface area contributed by atoms with E-state index in [4.69, 9.17) is 5.26 Å². The van der Waals surface area contributed by atoms with E-state index >= 15 is 0 Å². The van der Waals surface area contributed by atoms with Gasteiger partial charge in [-0.3, -0.25) is 0 Å². The van der Waals surface area contributed by atoms with Crippen molar-refractivity contribution in [3.8, 4) is 6.07 Å². The minimum absolute atomic E-state index is 0.560. The van der Waals surface area contributed by atoms with Gasteiger partial charge in [0.05, 0.1) is 11.6 Å². The smallest absolute Gasteiger partial charge is 0.0998 e. The van der Waals surface area contributed by atoms with Crippen LogP contribution in [-0.2, 0) is 0 Å². The van der Waals surface area contributed by atoms with Crippen LogP contribution in [0.5, 0.6) is 0 Å². The van der Waals surface area contributed by atoms with Gasteiger partial charge < -0.3 is 0 Å². The molecule has 0 amide bonds.